The second-order valence-electron chi connectivity index (χ2n) is 3.52. The highest BCUT2D eigenvalue weighted by Crippen LogP contribution is 2.19. The maximum Gasteiger partial charge on any atom is -0.0174 e. The SMILES string of the molecule is C=C(C)C(C/C=C/C=C/C)CCC. The second-order valence-corrected chi connectivity index (χ2v) is 3.52. The summed E-state index contributed by atoms with van der Waals surface area (Å²) < 4.78 is 0. The summed E-state index contributed by atoms with van der Waals surface area (Å²) in [5.41, 5.74) is 1.31. The van der Waals surface area contributed by atoms with E-state index >= 15 is 0 Å². The molecule has 0 N–H and O–H groups in total. The molecule has 0 saturated carbocycles. The molecular weight excluding hydrogens is 156 g/mol. The third kappa shape index (κ3) is 6.39. The fraction of sp³-hybridized carbons (Fsp3) is 0.538. The molecule has 0 heteroatoms. The van der Waals surface area contributed by atoms with Crippen molar-refractivity contribution < 1.29 is 0 Å². The number of allylic oxidation sites excluding steroid dienone is 5. The van der Waals surface area contributed by atoms with Gasteiger partial charge in [-0.1, -0.05) is 49.8 Å². The molecule has 13 heavy (non-hydrogen) atoms. The Morgan fingerprint density at radius 3 is 2.54 bits per heavy atom. The molecule has 0 aromatic heterocycles. The fourth-order valence-electron chi connectivity index (χ4n) is 1.35. The van der Waals surface area contributed by atoms with Crippen LogP contribution in [0.15, 0.2) is 36.5 Å². The van der Waals surface area contributed by atoms with E-state index in [1.165, 1.54) is 18.4 Å². The molecule has 0 spiro atoms. The lowest BCUT2D eigenvalue weighted by Crippen LogP contribution is -1.98. The van der Waals surface area contributed by atoms with Crippen LogP contribution in [0.3, 0.4) is 0 Å². The standard InChI is InChI=1S/C13H22/c1-5-7-8-9-11-13(10-6-2)12(3)4/h5,7-9,13H,3,6,10-11H2,1-2,4H3/b7-5+,9-8+. The Kier molecular flexibility index (Phi) is 7.38. The zero-order valence-corrected chi connectivity index (χ0v) is 9.22. The molecule has 0 aliphatic carbocycles. The first kappa shape index (κ1) is 12.2. The van der Waals surface area contributed by atoms with Crippen molar-refractivity contribution in [2.75, 3.05) is 0 Å². The van der Waals surface area contributed by atoms with Gasteiger partial charge in [-0.05, 0) is 32.6 Å². The van der Waals surface area contributed by atoms with Gasteiger partial charge in [0.1, 0.15) is 0 Å². The smallest absolute Gasteiger partial charge is 0.0174 e. The second kappa shape index (κ2) is 7.85. The van der Waals surface area contributed by atoms with Gasteiger partial charge in [0.2, 0.25) is 0 Å². The normalized spacial score (nSPS) is 14.1. The predicted octanol–water partition coefficient (Wildman–Crippen LogP) is 4.50. The van der Waals surface area contributed by atoms with Gasteiger partial charge in [-0.25, -0.2) is 0 Å². The summed E-state index contributed by atoms with van der Waals surface area (Å²) in [6.45, 7) is 10.4. The Hall–Kier alpha value is -0.780. The summed E-state index contributed by atoms with van der Waals surface area (Å²) in [6, 6.07) is 0. The summed E-state index contributed by atoms with van der Waals surface area (Å²) in [7, 11) is 0. The Morgan fingerprint density at radius 1 is 1.38 bits per heavy atom. The number of rotatable bonds is 6. The van der Waals surface area contributed by atoms with Crippen molar-refractivity contribution in [3.63, 3.8) is 0 Å². The zero-order valence-electron chi connectivity index (χ0n) is 9.22. The van der Waals surface area contributed by atoms with Crippen molar-refractivity contribution in [1.29, 1.82) is 0 Å². The van der Waals surface area contributed by atoms with E-state index < -0.39 is 0 Å². The fourth-order valence-corrected chi connectivity index (χ4v) is 1.35. The van der Waals surface area contributed by atoms with Gasteiger partial charge in [0.05, 0.1) is 0 Å². The number of hydrogen-bond acceptors (Lipinski definition) is 0. The van der Waals surface area contributed by atoms with Gasteiger partial charge < -0.3 is 0 Å². The summed E-state index contributed by atoms with van der Waals surface area (Å²) in [6.07, 6.45) is 12.1. The highest BCUT2D eigenvalue weighted by Gasteiger charge is 2.04. The van der Waals surface area contributed by atoms with Crippen LogP contribution in [-0.2, 0) is 0 Å². The van der Waals surface area contributed by atoms with Gasteiger partial charge in [0, 0.05) is 0 Å². The van der Waals surface area contributed by atoms with Crippen LogP contribution in [0, 0.1) is 5.92 Å². The average Bonchev–Trinajstić information content (AvgIpc) is 2.10. The van der Waals surface area contributed by atoms with E-state index in [9.17, 15) is 0 Å². The van der Waals surface area contributed by atoms with Gasteiger partial charge in [-0.15, -0.1) is 0 Å². The lowest BCUT2D eigenvalue weighted by molar-refractivity contribution is 0.559. The minimum Gasteiger partial charge on any atom is -0.0998 e. The predicted molar refractivity (Wildman–Crippen MR) is 61.8 cm³/mol. The molecule has 0 nitrogen and oxygen atoms in total. The summed E-state index contributed by atoms with van der Waals surface area (Å²) in [4.78, 5) is 0. The van der Waals surface area contributed by atoms with Gasteiger partial charge in [-0.3, -0.25) is 0 Å². The van der Waals surface area contributed by atoms with Crippen molar-refractivity contribution in [2.45, 2.75) is 40.0 Å². The van der Waals surface area contributed by atoms with Crippen LogP contribution in [0.5, 0.6) is 0 Å². The Morgan fingerprint density at radius 2 is 2.08 bits per heavy atom. The van der Waals surface area contributed by atoms with Crippen molar-refractivity contribution in [3.8, 4) is 0 Å². The van der Waals surface area contributed by atoms with Gasteiger partial charge in [0.15, 0.2) is 0 Å². The molecule has 0 aromatic carbocycles. The molecule has 0 radical (unpaired) electrons. The van der Waals surface area contributed by atoms with E-state index in [0.717, 1.165) is 6.42 Å². The Labute approximate surface area is 83.0 Å². The first-order valence-electron chi connectivity index (χ1n) is 5.15. The Bertz CT molecular complexity index is 184. The molecule has 0 aromatic rings. The molecule has 0 heterocycles. The zero-order chi connectivity index (χ0) is 10.1. The highest BCUT2D eigenvalue weighted by atomic mass is 14.1. The molecule has 1 unspecified atom stereocenters. The van der Waals surface area contributed by atoms with E-state index in [2.05, 4.69) is 38.7 Å². The van der Waals surface area contributed by atoms with E-state index in [1.54, 1.807) is 0 Å². The largest absolute Gasteiger partial charge is 0.0998 e. The van der Waals surface area contributed by atoms with Gasteiger partial charge in [0.25, 0.3) is 0 Å². The first-order valence-corrected chi connectivity index (χ1v) is 5.15. The van der Waals surface area contributed by atoms with E-state index in [1.807, 2.05) is 13.0 Å². The lowest BCUT2D eigenvalue weighted by Gasteiger charge is -2.12. The molecule has 0 amide bonds. The quantitative estimate of drug-likeness (QED) is 0.415. The van der Waals surface area contributed by atoms with Crippen LogP contribution in [0.25, 0.3) is 0 Å². The average molecular weight is 178 g/mol. The highest BCUT2D eigenvalue weighted by molar-refractivity contribution is 5.05. The van der Waals surface area contributed by atoms with Crippen LogP contribution < -0.4 is 0 Å². The molecule has 0 aliphatic rings. The molecule has 0 fully saturated rings. The van der Waals surface area contributed by atoms with Crippen LogP contribution in [-0.4, -0.2) is 0 Å². The molecule has 0 saturated heterocycles. The third-order valence-corrected chi connectivity index (χ3v) is 2.19. The molecular formula is C13H22. The molecule has 0 bridgehead atoms. The maximum absolute atomic E-state index is 4.02. The topological polar surface area (TPSA) is 0 Å². The van der Waals surface area contributed by atoms with Crippen molar-refractivity contribution in [1.82, 2.24) is 0 Å². The van der Waals surface area contributed by atoms with Crippen molar-refractivity contribution in [2.24, 2.45) is 5.92 Å². The monoisotopic (exact) mass is 178 g/mol. The third-order valence-electron chi connectivity index (χ3n) is 2.19. The molecule has 0 rings (SSSR count). The van der Waals surface area contributed by atoms with Crippen LogP contribution >= 0.6 is 0 Å². The first-order chi connectivity index (χ1) is 6.22. The summed E-state index contributed by atoms with van der Waals surface area (Å²) >= 11 is 0. The van der Waals surface area contributed by atoms with Crippen LogP contribution in [0.2, 0.25) is 0 Å². The van der Waals surface area contributed by atoms with Crippen LogP contribution in [0.4, 0.5) is 0 Å². The summed E-state index contributed by atoms with van der Waals surface area (Å²) in [5, 5.41) is 0. The molecule has 1 atom stereocenters. The van der Waals surface area contributed by atoms with Gasteiger partial charge in [-0.2, -0.15) is 0 Å². The molecule has 0 aliphatic heterocycles. The van der Waals surface area contributed by atoms with Gasteiger partial charge >= 0.3 is 0 Å². The van der Waals surface area contributed by atoms with Crippen LogP contribution in [0.1, 0.15) is 40.0 Å². The van der Waals surface area contributed by atoms with Crippen molar-refractivity contribution in [3.05, 3.63) is 36.5 Å². The number of hydrogen-bond donors (Lipinski definition) is 0. The minimum absolute atomic E-state index is 0.673. The van der Waals surface area contributed by atoms with E-state index in [4.69, 9.17) is 0 Å². The van der Waals surface area contributed by atoms with E-state index in [0.29, 0.717) is 5.92 Å². The maximum atomic E-state index is 4.02. The Balaban J connectivity index is 3.88. The van der Waals surface area contributed by atoms with Crippen molar-refractivity contribution >= 4 is 0 Å². The minimum atomic E-state index is 0.673. The summed E-state index contributed by atoms with van der Waals surface area (Å²) in [5.74, 6) is 0.673. The lowest BCUT2D eigenvalue weighted by atomic mass is 9.93. The molecule has 74 valence electrons. The van der Waals surface area contributed by atoms with E-state index in [-0.39, 0.29) is 0 Å².